The van der Waals surface area contributed by atoms with Gasteiger partial charge in [-0.15, -0.1) is 11.3 Å². The van der Waals surface area contributed by atoms with E-state index < -0.39 is 0 Å². The normalized spacial score (nSPS) is 25.3. The van der Waals surface area contributed by atoms with Gasteiger partial charge in [-0.25, -0.2) is 0 Å². The maximum atomic E-state index is 5.52. The summed E-state index contributed by atoms with van der Waals surface area (Å²) in [6.45, 7) is 1.96. The van der Waals surface area contributed by atoms with Crippen molar-refractivity contribution in [3.8, 4) is 0 Å². The average Bonchev–Trinajstić information content (AvgIpc) is 2.58. The van der Waals surface area contributed by atoms with Gasteiger partial charge in [0.2, 0.25) is 0 Å². The summed E-state index contributed by atoms with van der Waals surface area (Å²) in [5.41, 5.74) is 0. The average molecular weight is 169 g/mol. The van der Waals surface area contributed by atoms with E-state index in [9.17, 15) is 0 Å². The number of thiophene rings is 1. The number of rotatable bonds is 1. The molecule has 0 amide bonds. The second kappa shape index (κ2) is 3.34. The second-order valence-corrected chi connectivity index (χ2v) is 3.55. The number of ether oxygens (including phenoxy) is 1. The third-order valence-corrected chi connectivity index (χ3v) is 2.65. The van der Waals surface area contributed by atoms with Crippen LogP contribution in [-0.2, 0) is 4.74 Å². The Hall–Kier alpha value is -0.380. The maximum Gasteiger partial charge on any atom is 0.143 e. The maximum absolute atomic E-state index is 5.52. The van der Waals surface area contributed by atoms with Crippen LogP contribution in [0.3, 0.4) is 0 Å². The van der Waals surface area contributed by atoms with E-state index in [-0.39, 0.29) is 6.23 Å². The first-order valence-electron chi connectivity index (χ1n) is 3.85. The molecule has 1 unspecified atom stereocenters. The van der Waals surface area contributed by atoms with Crippen LogP contribution in [-0.4, -0.2) is 13.2 Å². The fraction of sp³-hybridized carbons (Fsp3) is 0.500. The van der Waals surface area contributed by atoms with E-state index in [1.165, 1.54) is 4.88 Å². The van der Waals surface area contributed by atoms with Gasteiger partial charge in [0.25, 0.3) is 0 Å². The van der Waals surface area contributed by atoms with Gasteiger partial charge in [-0.05, 0) is 17.9 Å². The lowest BCUT2D eigenvalue weighted by atomic mass is 10.3. The quantitative estimate of drug-likeness (QED) is 0.691. The standard InChI is InChI=1S/C8H11NOS/c1-3-7(11-6-1)8-9-4-2-5-10-8/h1,3,6,8-9H,2,4-5H2. The van der Waals surface area contributed by atoms with Crippen molar-refractivity contribution >= 4 is 11.3 Å². The molecule has 0 bridgehead atoms. The van der Waals surface area contributed by atoms with Crippen LogP contribution in [0.1, 0.15) is 17.5 Å². The molecule has 0 aliphatic carbocycles. The molecular formula is C8H11NOS. The lowest BCUT2D eigenvalue weighted by Crippen LogP contribution is -2.30. The molecule has 1 fully saturated rings. The number of hydrogen-bond donors (Lipinski definition) is 1. The third-order valence-electron chi connectivity index (χ3n) is 1.74. The Morgan fingerprint density at radius 3 is 3.27 bits per heavy atom. The van der Waals surface area contributed by atoms with Crippen molar-refractivity contribution in [2.75, 3.05) is 13.2 Å². The first-order chi connectivity index (χ1) is 5.47. The van der Waals surface area contributed by atoms with Crippen molar-refractivity contribution in [2.45, 2.75) is 12.6 Å². The van der Waals surface area contributed by atoms with E-state index >= 15 is 0 Å². The molecule has 1 aromatic heterocycles. The molecule has 1 aromatic rings. The summed E-state index contributed by atoms with van der Waals surface area (Å²) in [5.74, 6) is 0. The molecule has 60 valence electrons. The zero-order valence-corrected chi connectivity index (χ0v) is 7.06. The second-order valence-electron chi connectivity index (χ2n) is 2.57. The molecule has 1 saturated heterocycles. The van der Waals surface area contributed by atoms with E-state index in [0.29, 0.717) is 0 Å². The van der Waals surface area contributed by atoms with Gasteiger partial charge < -0.3 is 4.74 Å². The lowest BCUT2D eigenvalue weighted by Gasteiger charge is -2.22. The van der Waals surface area contributed by atoms with Crippen molar-refractivity contribution < 1.29 is 4.74 Å². The smallest absolute Gasteiger partial charge is 0.143 e. The predicted octanol–water partition coefficient (Wildman–Crippen LogP) is 1.76. The molecule has 2 nitrogen and oxygen atoms in total. The Kier molecular flexibility index (Phi) is 2.21. The van der Waals surface area contributed by atoms with Gasteiger partial charge in [-0.3, -0.25) is 5.32 Å². The Morgan fingerprint density at radius 1 is 1.64 bits per heavy atom. The minimum Gasteiger partial charge on any atom is -0.358 e. The van der Waals surface area contributed by atoms with Gasteiger partial charge in [0.15, 0.2) is 0 Å². The highest BCUT2D eigenvalue weighted by atomic mass is 32.1. The van der Waals surface area contributed by atoms with E-state index in [4.69, 9.17) is 4.74 Å². The van der Waals surface area contributed by atoms with Gasteiger partial charge in [-0.1, -0.05) is 6.07 Å². The Balaban J connectivity index is 2.04. The van der Waals surface area contributed by atoms with Crippen LogP contribution in [0.25, 0.3) is 0 Å². The monoisotopic (exact) mass is 169 g/mol. The van der Waals surface area contributed by atoms with Crippen LogP contribution >= 0.6 is 11.3 Å². The zero-order chi connectivity index (χ0) is 7.52. The Morgan fingerprint density at radius 2 is 2.64 bits per heavy atom. The summed E-state index contributed by atoms with van der Waals surface area (Å²) in [6, 6.07) is 4.16. The summed E-state index contributed by atoms with van der Waals surface area (Å²) < 4.78 is 5.52. The highest BCUT2D eigenvalue weighted by molar-refractivity contribution is 7.10. The van der Waals surface area contributed by atoms with E-state index in [1.54, 1.807) is 11.3 Å². The molecule has 1 N–H and O–H groups in total. The van der Waals surface area contributed by atoms with Gasteiger partial charge in [-0.2, -0.15) is 0 Å². The van der Waals surface area contributed by atoms with Crippen LogP contribution in [0.4, 0.5) is 0 Å². The highest BCUT2D eigenvalue weighted by Gasteiger charge is 2.14. The van der Waals surface area contributed by atoms with Gasteiger partial charge >= 0.3 is 0 Å². The first kappa shape index (κ1) is 7.28. The van der Waals surface area contributed by atoms with Crippen molar-refractivity contribution in [1.82, 2.24) is 5.32 Å². The molecule has 1 atom stereocenters. The molecule has 3 heteroatoms. The minimum atomic E-state index is 0.156. The van der Waals surface area contributed by atoms with Crippen molar-refractivity contribution in [2.24, 2.45) is 0 Å². The zero-order valence-electron chi connectivity index (χ0n) is 6.25. The fourth-order valence-electron chi connectivity index (χ4n) is 1.19. The predicted molar refractivity (Wildman–Crippen MR) is 45.6 cm³/mol. The van der Waals surface area contributed by atoms with Crippen molar-refractivity contribution in [3.05, 3.63) is 22.4 Å². The van der Waals surface area contributed by atoms with Crippen LogP contribution in [0.5, 0.6) is 0 Å². The third kappa shape index (κ3) is 1.61. The SMILES string of the molecule is c1csc(C2NCCCO2)c1. The summed E-state index contributed by atoms with van der Waals surface area (Å²) >= 11 is 1.74. The molecule has 0 saturated carbocycles. The van der Waals surface area contributed by atoms with E-state index in [0.717, 1.165) is 19.6 Å². The summed E-state index contributed by atoms with van der Waals surface area (Å²) in [5, 5.41) is 5.39. The summed E-state index contributed by atoms with van der Waals surface area (Å²) in [4.78, 5) is 1.28. The van der Waals surface area contributed by atoms with Crippen LogP contribution in [0.2, 0.25) is 0 Å². The first-order valence-corrected chi connectivity index (χ1v) is 4.73. The number of hydrogen-bond acceptors (Lipinski definition) is 3. The fourth-order valence-corrected chi connectivity index (χ4v) is 1.93. The molecule has 11 heavy (non-hydrogen) atoms. The molecule has 0 radical (unpaired) electrons. The van der Waals surface area contributed by atoms with Crippen LogP contribution in [0, 0.1) is 0 Å². The van der Waals surface area contributed by atoms with E-state index in [1.807, 2.05) is 0 Å². The number of nitrogens with one attached hydrogen (secondary N) is 1. The van der Waals surface area contributed by atoms with Gasteiger partial charge in [0.05, 0.1) is 6.61 Å². The van der Waals surface area contributed by atoms with Crippen LogP contribution in [0.15, 0.2) is 17.5 Å². The van der Waals surface area contributed by atoms with Crippen molar-refractivity contribution in [1.29, 1.82) is 0 Å². The Bertz CT molecular complexity index is 204. The highest BCUT2D eigenvalue weighted by Crippen LogP contribution is 2.21. The Labute approximate surface area is 70.2 Å². The van der Waals surface area contributed by atoms with Crippen LogP contribution < -0.4 is 5.32 Å². The molecule has 1 aliphatic heterocycles. The topological polar surface area (TPSA) is 21.3 Å². The van der Waals surface area contributed by atoms with E-state index in [2.05, 4.69) is 22.8 Å². The molecule has 0 aromatic carbocycles. The molecular weight excluding hydrogens is 158 g/mol. The summed E-state index contributed by atoms with van der Waals surface area (Å²) in [6.07, 6.45) is 1.28. The molecule has 0 spiro atoms. The molecule has 1 aliphatic rings. The minimum absolute atomic E-state index is 0.156. The summed E-state index contributed by atoms with van der Waals surface area (Å²) in [7, 11) is 0. The van der Waals surface area contributed by atoms with Gasteiger partial charge in [0, 0.05) is 11.4 Å². The van der Waals surface area contributed by atoms with Crippen molar-refractivity contribution in [3.63, 3.8) is 0 Å². The largest absolute Gasteiger partial charge is 0.358 e. The molecule has 2 rings (SSSR count). The molecule has 2 heterocycles. The lowest BCUT2D eigenvalue weighted by molar-refractivity contribution is 0.00198. The van der Waals surface area contributed by atoms with Gasteiger partial charge in [0.1, 0.15) is 6.23 Å².